The standard InChI is InChI=1S/C48H32N2O/c1-2-15-35(16-3-1)49(37-17-12-14-34(32-37)39-22-13-23-43-42-21-7-11-27-47(42)51-48(39)43)36-30-28-33(29-31-36)38-18-4-8-24-44(38)50-45-25-9-5-19-40(45)41-20-6-10-26-46(41)50/h1-32H. The molecule has 0 aliphatic rings. The second-order valence-corrected chi connectivity index (χ2v) is 12.9. The van der Waals surface area contributed by atoms with Crippen LogP contribution in [0.3, 0.4) is 0 Å². The van der Waals surface area contributed by atoms with Crippen LogP contribution in [0.1, 0.15) is 0 Å². The zero-order valence-corrected chi connectivity index (χ0v) is 27.8. The molecule has 0 aliphatic heterocycles. The second-order valence-electron chi connectivity index (χ2n) is 12.9. The molecule has 0 N–H and O–H groups in total. The van der Waals surface area contributed by atoms with Crippen molar-refractivity contribution >= 4 is 60.8 Å². The van der Waals surface area contributed by atoms with Gasteiger partial charge in [0.15, 0.2) is 0 Å². The molecule has 0 atom stereocenters. The molecule has 0 bridgehead atoms. The molecule has 10 rings (SSSR count). The Labute approximate surface area is 295 Å². The number of para-hydroxylation sites is 6. The highest BCUT2D eigenvalue weighted by Gasteiger charge is 2.18. The van der Waals surface area contributed by atoms with Crippen molar-refractivity contribution in [3.8, 4) is 27.9 Å². The predicted molar refractivity (Wildman–Crippen MR) is 214 cm³/mol. The first-order valence-corrected chi connectivity index (χ1v) is 17.4. The van der Waals surface area contributed by atoms with Crippen LogP contribution in [0.15, 0.2) is 199 Å². The van der Waals surface area contributed by atoms with Crippen molar-refractivity contribution in [2.45, 2.75) is 0 Å². The topological polar surface area (TPSA) is 21.3 Å². The summed E-state index contributed by atoms with van der Waals surface area (Å²) in [6.45, 7) is 0. The van der Waals surface area contributed by atoms with E-state index in [1.807, 2.05) is 12.1 Å². The molecule has 0 saturated carbocycles. The number of furan rings is 1. The third-order valence-corrected chi connectivity index (χ3v) is 10.00. The van der Waals surface area contributed by atoms with Gasteiger partial charge in [0.1, 0.15) is 11.2 Å². The molecule has 3 nitrogen and oxygen atoms in total. The molecule has 0 amide bonds. The lowest BCUT2D eigenvalue weighted by molar-refractivity contribution is 0.670. The summed E-state index contributed by atoms with van der Waals surface area (Å²) in [6.07, 6.45) is 0. The van der Waals surface area contributed by atoms with Gasteiger partial charge in [0.05, 0.1) is 16.7 Å². The highest BCUT2D eigenvalue weighted by Crippen LogP contribution is 2.41. The van der Waals surface area contributed by atoms with E-state index in [1.54, 1.807) is 0 Å². The van der Waals surface area contributed by atoms with Gasteiger partial charge < -0.3 is 13.9 Å². The van der Waals surface area contributed by atoms with E-state index in [4.69, 9.17) is 4.42 Å². The molecule has 2 aromatic heterocycles. The largest absolute Gasteiger partial charge is 0.455 e. The number of hydrogen-bond acceptors (Lipinski definition) is 2. The first kappa shape index (κ1) is 29.1. The Morgan fingerprint density at radius 1 is 0.373 bits per heavy atom. The Bertz CT molecular complexity index is 2810. The van der Waals surface area contributed by atoms with E-state index < -0.39 is 0 Å². The van der Waals surface area contributed by atoms with Crippen molar-refractivity contribution in [3.05, 3.63) is 194 Å². The molecule has 10 aromatic rings. The van der Waals surface area contributed by atoms with Crippen molar-refractivity contribution in [3.63, 3.8) is 0 Å². The van der Waals surface area contributed by atoms with E-state index in [0.29, 0.717) is 0 Å². The number of fused-ring (bicyclic) bond motifs is 6. The van der Waals surface area contributed by atoms with Gasteiger partial charge in [-0.3, -0.25) is 0 Å². The van der Waals surface area contributed by atoms with Gasteiger partial charge in [0.25, 0.3) is 0 Å². The molecular formula is C48H32N2O. The van der Waals surface area contributed by atoms with Gasteiger partial charge in [-0.25, -0.2) is 0 Å². The fraction of sp³-hybridized carbons (Fsp3) is 0. The summed E-state index contributed by atoms with van der Waals surface area (Å²) in [5.74, 6) is 0. The van der Waals surface area contributed by atoms with E-state index in [0.717, 1.165) is 61.4 Å². The molecule has 8 aromatic carbocycles. The Kier molecular flexibility index (Phi) is 6.81. The molecule has 0 fully saturated rings. The molecule has 3 heteroatoms. The quantitative estimate of drug-likeness (QED) is 0.178. The normalized spacial score (nSPS) is 11.5. The van der Waals surface area contributed by atoms with Crippen LogP contribution >= 0.6 is 0 Å². The lowest BCUT2D eigenvalue weighted by Gasteiger charge is -2.26. The van der Waals surface area contributed by atoms with Crippen LogP contribution in [0.4, 0.5) is 17.1 Å². The number of anilines is 3. The van der Waals surface area contributed by atoms with Crippen LogP contribution in [-0.2, 0) is 0 Å². The summed E-state index contributed by atoms with van der Waals surface area (Å²) < 4.78 is 8.83. The second kappa shape index (κ2) is 11.9. The summed E-state index contributed by atoms with van der Waals surface area (Å²) in [5.41, 5.74) is 13.2. The number of hydrogen-bond donors (Lipinski definition) is 0. The molecule has 51 heavy (non-hydrogen) atoms. The Morgan fingerprint density at radius 2 is 0.941 bits per heavy atom. The third-order valence-electron chi connectivity index (χ3n) is 10.00. The average molecular weight is 653 g/mol. The SMILES string of the molecule is c1ccc(N(c2ccc(-c3ccccc3-n3c4ccccc4c4ccccc43)cc2)c2cccc(-c3cccc4c3oc3ccccc34)c2)cc1. The maximum absolute atomic E-state index is 6.43. The van der Waals surface area contributed by atoms with E-state index in [1.165, 1.54) is 27.4 Å². The van der Waals surface area contributed by atoms with E-state index >= 15 is 0 Å². The van der Waals surface area contributed by atoms with Gasteiger partial charge in [-0.15, -0.1) is 0 Å². The summed E-state index contributed by atoms with van der Waals surface area (Å²) in [5, 5.41) is 4.78. The summed E-state index contributed by atoms with van der Waals surface area (Å²) in [6, 6.07) is 69.1. The van der Waals surface area contributed by atoms with Crippen molar-refractivity contribution in [2.24, 2.45) is 0 Å². The molecular weight excluding hydrogens is 621 g/mol. The third kappa shape index (κ3) is 4.82. The molecule has 240 valence electrons. The van der Waals surface area contributed by atoms with Crippen molar-refractivity contribution in [2.75, 3.05) is 4.90 Å². The Balaban J connectivity index is 1.08. The van der Waals surface area contributed by atoms with Crippen LogP contribution in [-0.4, -0.2) is 4.57 Å². The average Bonchev–Trinajstić information content (AvgIpc) is 3.75. The summed E-state index contributed by atoms with van der Waals surface area (Å²) in [4.78, 5) is 2.32. The molecule has 0 unspecified atom stereocenters. The van der Waals surface area contributed by atoms with E-state index in [9.17, 15) is 0 Å². The monoisotopic (exact) mass is 652 g/mol. The number of nitrogens with zero attached hydrogens (tertiary/aromatic N) is 2. The first-order chi connectivity index (χ1) is 25.3. The maximum Gasteiger partial charge on any atom is 0.143 e. The Morgan fingerprint density at radius 3 is 1.73 bits per heavy atom. The van der Waals surface area contributed by atoms with Crippen molar-refractivity contribution in [1.29, 1.82) is 0 Å². The first-order valence-electron chi connectivity index (χ1n) is 17.4. The molecule has 0 radical (unpaired) electrons. The molecule has 0 spiro atoms. The van der Waals surface area contributed by atoms with Gasteiger partial charge >= 0.3 is 0 Å². The van der Waals surface area contributed by atoms with Gasteiger partial charge in [-0.05, 0) is 71.8 Å². The lowest BCUT2D eigenvalue weighted by Crippen LogP contribution is -2.09. The van der Waals surface area contributed by atoms with Gasteiger partial charge in [0.2, 0.25) is 0 Å². The molecule has 2 heterocycles. The minimum absolute atomic E-state index is 0.904. The number of rotatable bonds is 6. The van der Waals surface area contributed by atoms with Gasteiger partial charge in [-0.2, -0.15) is 0 Å². The van der Waals surface area contributed by atoms with E-state index in [2.05, 4.69) is 191 Å². The van der Waals surface area contributed by atoms with Crippen LogP contribution < -0.4 is 4.90 Å². The van der Waals surface area contributed by atoms with E-state index in [-0.39, 0.29) is 0 Å². The van der Waals surface area contributed by atoms with Crippen LogP contribution in [0.25, 0.3) is 71.7 Å². The highest BCUT2D eigenvalue weighted by molar-refractivity contribution is 6.10. The zero-order valence-electron chi connectivity index (χ0n) is 27.8. The van der Waals surface area contributed by atoms with Crippen LogP contribution in [0.5, 0.6) is 0 Å². The minimum atomic E-state index is 0.904. The summed E-state index contributed by atoms with van der Waals surface area (Å²) in [7, 11) is 0. The highest BCUT2D eigenvalue weighted by atomic mass is 16.3. The van der Waals surface area contributed by atoms with Crippen LogP contribution in [0, 0.1) is 0 Å². The smallest absolute Gasteiger partial charge is 0.143 e. The van der Waals surface area contributed by atoms with Crippen LogP contribution in [0.2, 0.25) is 0 Å². The van der Waals surface area contributed by atoms with Gasteiger partial charge in [0, 0.05) is 49.7 Å². The predicted octanol–water partition coefficient (Wildman–Crippen LogP) is 13.5. The lowest BCUT2D eigenvalue weighted by atomic mass is 10.0. The Hall–Kier alpha value is -6.84. The minimum Gasteiger partial charge on any atom is -0.455 e. The zero-order chi connectivity index (χ0) is 33.7. The fourth-order valence-electron chi connectivity index (χ4n) is 7.70. The van der Waals surface area contributed by atoms with Crippen molar-refractivity contribution < 1.29 is 4.42 Å². The van der Waals surface area contributed by atoms with Crippen molar-refractivity contribution in [1.82, 2.24) is 4.57 Å². The maximum atomic E-state index is 6.43. The number of benzene rings is 8. The molecule has 0 saturated heterocycles. The summed E-state index contributed by atoms with van der Waals surface area (Å²) >= 11 is 0. The molecule has 0 aliphatic carbocycles. The fourth-order valence-corrected chi connectivity index (χ4v) is 7.70. The van der Waals surface area contributed by atoms with Gasteiger partial charge in [-0.1, -0.05) is 133 Å². The number of aromatic nitrogens is 1.